The van der Waals surface area contributed by atoms with Gasteiger partial charge in [0.05, 0.1) is 11.7 Å². The Kier molecular flexibility index (Phi) is 5.02. The highest BCUT2D eigenvalue weighted by atomic mass is 32.2. The molecule has 1 fully saturated rings. The Bertz CT molecular complexity index is 861. The third-order valence-corrected chi connectivity index (χ3v) is 5.38. The van der Waals surface area contributed by atoms with E-state index in [4.69, 9.17) is 4.52 Å². The first-order chi connectivity index (χ1) is 12.8. The predicted molar refractivity (Wildman–Crippen MR) is 102 cm³/mol. The molecule has 26 heavy (non-hydrogen) atoms. The highest BCUT2D eigenvalue weighted by molar-refractivity contribution is 7.99. The highest BCUT2D eigenvalue weighted by Crippen LogP contribution is 2.28. The van der Waals surface area contributed by atoms with Crippen LogP contribution in [0, 0.1) is 0 Å². The van der Waals surface area contributed by atoms with Gasteiger partial charge in [-0.15, -0.1) is 11.8 Å². The Labute approximate surface area is 156 Å². The minimum atomic E-state index is 0.142. The number of carbonyl (C=O) groups excluding carboxylic acids is 1. The summed E-state index contributed by atoms with van der Waals surface area (Å²) in [4.78, 5) is 18.6. The van der Waals surface area contributed by atoms with Crippen molar-refractivity contribution in [2.24, 2.45) is 0 Å². The topological polar surface area (TPSA) is 59.2 Å². The van der Waals surface area contributed by atoms with Crippen molar-refractivity contribution in [3.8, 4) is 11.4 Å². The first kappa shape index (κ1) is 16.8. The van der Waals surface area contributed by atoms with Gasteiger partial charge in [0.15, 0.2) is 0 Å². The number of hydrogen-bond donors (Lipinski definition) is 0. The molecule has 1 saturated heterocycles. The lowest BCUT2D eigenvalue weighted by Gasteiger charge is -2.37. The summed E-state index contributed by atoms with van der Waals surface area (Å²) in [5.41, 5.74) is 2.18. The average molecular weight is 365 g/mol. The third kappa shape index (κ3) is 3.80. The highest BCUT2D eigenvalue weighted by Gasteiger charge is 2.35. The largest absolute Gasteiger partial charge is 0.340 e. The number of aromatic nitrogens is 2. The number of rotatable bonds is 6. The lowest BCUT2D eigenvalue weighted by Crippen LogP contribution is -2.49. The van der Waals surface area contributed by atoms with Gasteiger partial charge in [-0.05, 0) is 5.56 Å². The zero-order chi connectivity index (χ0) is 17.8. The van der Waals surface area contributed by atoms with Crippen LogP contribution >= 0.6 is 11.8 Å². The van der Waals surface area contributed by atoms with Gasteiger partial charge in [0.1, 0.15) is 0 Å². The second kappa shape index (κ2) is 7.74. The van der Waals surface area contributed by atoms with Crippen LogP contribution in [0.25, 0.3) is 11.4 Å². The summed E-state index contributed by atoms with van der Waals surface area (Å²) in [5.74, 6) is 2.89. The van der Waals surface area contributed by atoms with E-state index in [1.165, 1.54) is 5.56 Å². The molecule has 0 unspecified atom stereocenters. The third-order valence-electron chi connectivity index (χ3n) is 4.39. The van der Waals surface area contributed by atoms with Crippen LogP contribution in [0.5, 0.6) is 0 Å². The van der Waals surface area contributed by atoms with Gasteiger partial charge >= 0.3 is 0 Å². The van der Waals surface area contributed by atoms with E-state index in [1.54, 1.807) is 11.8 Å². The van der Waals surface area contributed by atoms with E-state index in [2.05, 4.69) is 22.3 Å². The lowest BCUT2D eigenvalue weighted by atomic mass is 10.0. The molecule has 1 aromatic heterocycles. The number of nitrogens with zero attached hydrogens (tertiary/aromatic N) is 3. The van der Waals surface area contributed by atoms with Gasteiger partial charge in [-0.2, -0.15) is 4.98 Å². The van der Waals surface area contributed by atoms with E-state index in [-0.39, 0.29) is 11.8 Å². The summed E-state index contributed by atoms with van der Waals surface area (Å²) < 4.78 is 5.39. The molecule has 2 heterocycles. The van der Waals surface area contributed by atoms with Crippen molar-refractivity contribution in [1.82, 2.24) is 15.0 Å². The SMILES string of the molecule is O=C(CSCc1ccccc1)N1CC(c2nc(-c3ccccc3)no2)C1. The molecule has 132 valence electrons. The molecule has 0 atom stereocenters. The summed E-state index contributed by atoms with van der Waals surface area (Å²) in [6, 6.07) is 20.0. The molecule has 0 N–H and O–H groups in total. The fourth-order valence-corrected chi connectivity index (χ4v) is 3.75. The molecule has 1 amide bonds. The normalized spacial score (nSPS) is 14.2. The zero-order valence-electron chi connectivity index (χ0n) is 14.2. The molecule has 3 aromatic rings. The van der Waals surface area contributed by atoms with Crippen molar-refractivity contribution < 1.29 is 9.32 Å². The lowest BCUT2D eigenvalue weighted by molar-refractivity contribution is -0.133. The number of hydrogen-bond acceptors (Lipinski definition) is 5. The molecule has 6 heteroatoms. The maximum Gasteiger partial charge on any atom is 0.233 e. The summed E-state index contributed by atoms with van der Waals surface area (Å²) in [5, 5.41) is 4.05. The van der Waals surface area contributed by atoms with Crippen molar-refractivity contribution >= 4 is 17.7 Å². The van der Waals surface area contributed by atoms with Crippen molar-refractivity contribution in [2.45, 2.75) is 11.7 Å². The van der Waals surface area contributed by atoms with Crippen LogP contribution in [0.4, 0.5) is 0 Å². The molecular formula is C20H19N3O2S. The van der Waals surface area contributed by atoms with Gasteiger partial charge in [0, 0.05) is 24.4 Å². The number of thioether (sulfide) groups is 1. The summed E-state index contributed by atoms with van der Waals surface area (Å²) >= 11 is 1.65. The fraction of sp³-hybridized carbons (Fsp3) is 0.250. The Balaban J connectivity index is 1.25. The van der Waals surface area contributed by atoms with Gasteiger partial charge in [0.2, 0.25) is 17.6 Å². The number of likely N-dealkylation sites (tertiary alicyclic amines) is 1. The first-order valence-corrected chi connectivity index (χ1v) is 9.73. The number of carbonyl (C=O) groups is 1. The summed E-state index contributed by atoms with van der Waals surface area (Å²) in [6.07, 6.45) is 0. The molecule has 0 spiro atoms. The molecule has 4 rings (SSSR count). The van der Waals surface area contributed by atoms with Crippen LogP contribution in [-0.4, -0.2) is 39.8 Å². The Morgan fingerprint density at radius 2 is 1.77 bits per heavy atom. The maximum atomic E-state index is 12.3. The molecule has 0 bridgehead atoms. The van der Waals surface area contributed by atoms with Crippen LogP contribution in [0.2, 0.25) is 0 Å². The molecule has 1 aliphatic heterocycles. The quantitative estimate of drug-likeness (QED) is 0.668. The van der Waals surface area contributed by atoms with Crippen molar-refractivity contribution in [3.05, 3.63) is 72.1 Å². The van der Waals surface area contributed by atoms with Crippen LogP contribution in [0.1, 0.15) is 17.4 Å². The van der Waals surface area contributed by atoms with E-state index in [1.807, 2.05) is 53.4 Å². The van der Waals surface area contributed by atoms with Crippen molar-refractivity contribution in [1.29, 1.82) is 0 Å². The van der Waals surface area contributed by atoms with Gasteiger partial charge in [-0.25, -0.2) is 0 Å². The van der Waals surface area contributed by atoms with E-state index in [0.29, 0.717) is 30.6 Å². The Hall–Kier alpha value is -2.60. The Morgan fingerprint density at radius 1 is 1.08 bits per heavy atom. The molecule has 2 aromatic carbocycles. The monoisotopic (exact) mass is 365 g/mol. The van der Waals surface area contributed by atoms with Crippen LogP contribution in [-0.2, 0) is 10.5 Å². The minimum Gasteiger partial charge on any atom is -0.340 e. The average Bonchev–Trinajstić information content (AvgIpc) is 3.12. The second-order valence-corrected chi connectivity index (χ2v) is 7.28. The molecule has 0 saturated carbocycles. The molecule has 0 aliphatic carbocycles. The van der Waals surface area contributed by atoms with Crippen LogP contribution in [0.15, 0.2) is 65.2 Å². The molecule has 0 radical (unpaired) electrons. The molecule has 1 aliphatic rings. The van der Waals surface area contributed by atoms with Gasteiger partial charge in [0.25, 0.3) is 0 Å². The van der Waals surface area contributed by atoms with Gasteiger partial charge in [-0.1, -0.05) is 65.8 Å². The summed E-state index contributed by atoms with van der Waals surface area (Å²) in [7, 11) is 0. The first-order valence-electron chi connectivity index (χ1n) is 8.58. The van der Waals surface area contributed by atoms with E-state index in [9.17, 15) is 4.79 Å². The summed E-state index contributed by atoms with van der Waals surface area (Å²) in [6.45, 7) is 1.31. The molecule has 5 nitrogen and oxygen atoms in total. The Morgan fingerprint density at radius 3 is 2.50 bits per heavy atom. The predicted octanol–water partition coefficient (Wildman–Crippen LogP) is 3.60. The molecular weight excluding hydrogens is 346 g/mol. The smallest absolute Gasteiger partial charge is 0.233 e. The number of benzene rings is 2. The van der Waals surface area contributed by atoms with Crippen LogP contribution in [0.3, 0.4) is 0 Å². The maximum absolute atomic E-state index is 12.3. The zero-order valence-corrected chi connectivity index (χ0v) is 15.1. The van der Waals surface area contributed by atoms with Crippen molar-refractivity contribution in [2.75, 3.05) is 18.8 Å². The van der Waals surface area contributed by atoms with E-state index < -0.39 is 0 Å². The standard InChI is InChI=1S/C20H19N3O2S/c24-18(14-26-13-15-7-3-1-4-8-15)23-11-17(12-23)20-21-19(22-25-20)16-9-5-2-6-10-16/h1-10,17H,11-14H2. The fourth-order valence-electron chi connectivity index (χ4n) is 2.87. The van der Waals surface area contributed by atoms with Crippen molar-refractivity contribution in [3.63, 3.8) is 0 Å². The van der Waals surface area contributed by atoms with Gasteiger partial charge < -0.3 is 9.42 Å². The van der Waals surface area contributed by atoms with Crippen LogP contribution < -0.4 is 0 Å². The van der Waals surface area contributed by atoms with E-state index >= 15 is 0 Å². The number of amides is 1. The minimum absolute atomic E-state index is 0.142. The second-order valence-electron chi connectivity index (χ2n) is 6.30. The van der Waals surface area contributed by atoms with Gasteiger partial charge in [-0.3, -0.25) is 4.79 Å². The van der Waals surface area contributed by atoms with E-state index in [0.717, 1.165) is 11.3 Å².